The Bertz CT molecular complexity index is 1520. The van der Waals surface area contributed by atoms with Gasteiger partial charge in [0.25, 0.3) is 0 Å². The zero-order valence-electron chi connectivity index (χ0n) is 22.8. The number of carbonyl (C=O) groups excluding carboxylic acids is 2. The first-order valence-corrected chi connectivity index (χ1v) is 13.8. The maximum absolute atomic E-state index is 13.0. The molecule has 0 unspecified atom stereocenters. The largest absolute Gasteiger partial charge is 0.444 e. The molecule has 5 rings (SSSR count). The number of para-hydroxylation sites is 1. The van der Waals surface area contributed by atoms with Crippen LogP contribution in [0.3, 0.4) is 0 Å². The molecule has 0 aliphatic heterocycles. The van der Waals surface area contributed by atoms with Gasteiger partial charge < -0.3 is 25.7 Å². The molecule has 2 aromatic heterocycles. The highest BCUT2D eigenvalue weighted by Gasteiger charge is 2.28. The average Bonchev–Trinajstić information content (AvgIpc) is 3.33. The molecule has 9 nitrogen and oxygen atoms in total. The van der Waals surface area contributed by atoms with E-state index in [1.165, 1.54) is 0 Å². The van der Waals surface area contributed by atoms with Crippen molar-refractivity contribution in [2.75, 3.05) is 10.6 Å². The molecular weight excluding hydrogens is 528 g/mol. The van der Waals surface area contributed by atoms with E-state index in [0.29, 0.717) is 35.2 Å². The van der Waals surface area contributed by atoms with Crippen LogP contribution in [0.25, 0.3) is 22.2 Å². The molecule has 1 fully saturated rings. The smallest absolute Gasteiger partial charge is 0.407 e. The van der Waals surface area contributed by atoms with E-state index >= 15 is 0 Å². The van der Waals surface area contributed by atoms with E-state index in [0.717, 1.165) is 35.0 Å². The van der Waals surface area contributed by atoms with Gasteiger partial charge in [-0.25, -0.2) is 14.8 Å². The number of rotatable bonds is 6. The number of alkyl carbamates (subject to hydrolysis) is 1. The van der Waals surface area contributed by atoms with Gasteiger partial charge in [0.05, 0.1) is 16.9 Å². The molecule has 1 aliphatic carbocycles. The first-order chi connectivity index (χ1) is 19.1. The second-order valence-corrected chi connectivity index (χ2v) is 11.4. The van der Waals surface area contributed by atoms with Gasteiger partial charge >= 0.3 is 6.09 Å². The summed E-state index contributed by atoms with van der Waals surface area (Å²) >= 11 is 6.47. The van der Waals surface area contributed by atoms with Crippen molar-refractivity contribution in [3.63, 3.8) is 0 Å². The highest BCUT2D eigenvalue weighted by Crippen LogP contribution is 2.33. The minimum Gasteiger partial charge on any atom is -0.444 e. The minimum absolute atomic E-state index is 0.0138. The fraction of sp³-hybridized carbons (Fsp3) is 0.333. The standard InChI is InChI=1S/C30H33ClN6O3/c1-30(2,3)40-29(39)36-19-13-11-18(12-14-19)27(38)34-20-7-6-8-21(15-20)35-28-33-17-24(31)26(37-28)23-16-32-25-10-5-4-9-22(23)25/h4-10,15-19,32H,11-14H2,1-3H3,(H,34,38)(H,36,39)(H,33,35,37)/t18-,19-. The molecule has 2 heterocycles. The fourth-order valence-corrected chi connectivity index (χ4v) is 5.10. The molecule has 2 aromatic carbocycles. The second kappa shape index (κ2) is 11.6. The molecule has 0 radical (unpaired) electrons. The number of carbonyl (C=O) groups is 2. The molecule has 208 valence electrons. The Labute approximate surface area is 238 Å². The van der Waals surface area contributed by atoms with Crippen molar-refractivity contribution >= 4 is 51.8 Å². The summed E-state index contributed by atoms with van der Waals surface area (Å²) in [5, 5.41) is 10.6. The number of fused-ring (bicyclic) bond motifs is 1. The lowest BCUT2D eigenvalue weighted by atomic mass is 9.85. The summed E-state index contributed by atoms with van der Waals surface area (Å²) in [4.78, 5) is 37.3. The van der Waals surface area contributed by atoms with E-state index < -0.39 is 11.7 Å². The van der Waals surface area contributed by atoms with Gasteiger partial charge in [0.2, 0.25) is 11.9 Å². The lowest BCUT2D eigenvalue weighted by Crippen LogP contribution is -2.42. The SMILES string of the molecule is CC(C)(C)OC(=O)N[C@H]1CC[C@H](C(=O)Nc2cccc(Nc3ncc(Cl)c(-c4c[nH]c5ccccc45)n3)c2)CC1. The zero-order chi connectivity index (χ0) is 28.3. The van der Waals surface area contributed by atoms with Crippen molar-refractivity contribution in [2.24, 2.45) is 5.92 Å². The molecule has 0 bridgehead atoms. The second-order valence-electron chi connectivity index (χ2n) is 11.0. The Morgan fingerprint density at radius 3 is 2.55 bits per heavy atom. The summed E-state index contributed by atoms with van der Waals surface area (Å²) in [6.45, 7) is 5.51. The Morgan fingerprint density at radius 2 is 1.77 bits per heavy atom. The molecule has 10 heteroatoms. The first-order valence-electron chi connectivity index (χ1n) is 13.4. The number of hydrogen-bond acceptors (Lipinski definition) is 6. The van der Waals surface area contributed by atoms with Gasteiger partial charge in [0.15, 0.2) is 0 Å². The number of nitrogens with zero attached hydrogens (tertiary/aromatic N) is 2. The molecule has 40 heavy (non-hydrogen) atoms. The van der Waals surface area contributed by atoms with Crippen molar-refractivity contribution in [2.45, 2.75) is 58.1 Å². The van der Waals surface area contributed by atoms with Crippen molar-refractivity contribution in [3.05, 3.63) is 65.9 Å². The van der Waals surface area contributed by atoms with Gasteiger partial charge in [-0.1, -0.05) is 35.9 Å². The third kappa shape index (κ3) is 6.71. The number of anilines is 3. The molecule has 1 saturated carbocycles. The van der Waals surface area contributed by atoms with Crippen molar-refractivity contribution < 1.29 is 14.3 Å². The molecule has 1 aliphatic rings. The summed E-state index contributed by atoms with van der Waals surface area (Å²) < 4.78 is 5.34. The summed E-state index contributed by atoms with van der Waals surface area (Å²) in [7, 11) is 0. The molecule has 0 saturated heterocycles. The van der Waals surface area contributed by atoms with Gasteiger partial charge in [-0.05, 0) is 70.7 Å². The molecule has 2 amide bonds. The van der Waals surface area contributed by atoms with Crippen LogP contribution in [0, 0.1) is 5.92 Å². The maximum atomic E-state index is 13.0. The van der Waals surface area contributed by atoms with Crippen LogP contribution < -0.4 is 16.0 Å². The highest BCUT2D eigenvalue weighted by molar-refractivity contribution is 6.33. The van der Waals surface area contributed by atoms with Crippen LogP contribution in [0.2, 0.25) is 5.02 Å². The van der Waals surface area contributed by atoms with Crippen LogP contribution in [0.5, 0.6) is 0 Å². The number of hydrogen-bond donors (Lipinski definition) is 4. The predicted molar refractivity (Wildman–Crippen MR) is 158 cm³/mol. The molecule has 0 spiro atoms. The third-order valence-corrected chi connectivity index (χ3v) is 7.07. The topological polar surface area (TPSA) is 121 Å². The Morgan fingerprint density at radius 1 is 1.02 bits per heavy atom. The normalized spacial score (nSPS) is 17.3. The number of benzene rings is 2. The van der Waals surface area contributed by atoms with Crippen LogP contribution in [0.15, 0.2) is 60.9 Å². The third-order valence-electron chi connectivity index (χ3n) is 6.79. The van der Waals surface area contributed by atoms with Crippen molar-refractivity contribution in [1.82, 2.24) is 20.3 Å². The van der Waals surface area contributed by atoms with Crippen LogP contribution >= 0.6 is 11.6 Å². The van der Waals surface area contributed by atoms with E-state index in [2.05, 4.69) is 30.9 Å². The lowest BCUT2D eigenvalue weighted by molar-refractivity contribution is -0.120. The monoisotopic (exact) mass is 560 g/mol. The summed E-state index contributed by atoms with van der Waals surface area (Å²) in [6.07, 6.45) is 5.90. The van der Waals surface area contributed by atoms with Crippen LogP contribution in [-0.4, -0.2) is 38.6 Å². The molecule has 0 atom stereocenters. The number of amides is 2. The van der Waals surface area contributed by atoms with Crippen molar-refractivity contribution in [3.8, 4) is 11.3 Å². The van der Waals surface area contributed by atoms with E-state index in [4.69, 9.17) is 16.3 Å². The summed E-state index contributed by atoms with van der Waals surface area (Å²) in [5.74, 6) is 0.243. The van der Waals surface area contributed by atoms with Gasteiger partial charge in [0.1, 0.15) is 5.60 Å². The van der Waals surface area contributed by atoms with Crippen molar-refractivity contribution in [1.29, 1.82) is 0 Å². The quantitative estimate of drug-likeness (QED) is 0.200. The highest BCUT2D eigenvalue weighted by atomic mass is 35.5. The molecule has 4 aromatic rings. The van der Waals surface area contributed by atoms with Crippen LogP contribution in [0.1, 0.15) is 46.5 Å². The number of ether oxygens (including phenoxy) is 1. The van der Waals surface area contributed by atoms with Gasteiger partial charge in [-0.3, -0.25) is 4.79 Å². The Balaban J connectivity index is 1.20. The van der Waals surface area contributed by atoms with Crippen LogP contribution in [0.4, 0.5) is 22.1 Å². The number of H-pyrrole nitrogens is 1. The maximum Gasteiger partial charge on any atom is 0.407 e. The predicted octanol–water partition coefficient (Wildman–Crippen LogP) is 7.04. The van der Waals surface area contributed by atoms with Gasteiger partial charge in [-0.15, -0.1) is 0 Å². The fourth-order valence-electron chi connectivity index (χ4n) is 4.91. The van der Waals surface area contributed by atoms with Gasteiger partial charge in [0, 0.05) is 46.0 Å². The van der Waals surface area contributed by atoms with Crippen LogP contribution in [-0.2, 0) is 9.53 Å². The zero-order valence-corrected chi connectivity index (χ0v) is 23.5. The molecule has 4 N–H and O–H groups in total. The number of nitrogens with one attached hydrogen (secondary N) is 4. The van der Waals surface area contributed by atoms with E-state index in [1.54, 1.807) is 6.20 Å². The number of aromatic nitrogens is 3. The van der Waals surface area contributed by atoms with E-state index in [-0.39, 0.29) is 17.9 Å². The minimum atomic E-state index is -0.538. The lowest BCUT2D eigenvalue weighted by Gasteiger charge is -2.29. The first kappa shape index (κ1) is 27.5. The Hall–Kier alpha value is -4.11. The molecular formula is C30H33ClN6O3. The van der Waals surface area contributed by atoms with Gasteiger partial charge in [-0.2, -0.15) is 0 Å². The Kier molecular flexibility index (Phi) is 7.93. The number of halogens is 1. The summed E-state index contributed by atoms with van der Waals surface area (Å²) in [6, 6.07) is 15.4. The van der Waals surface area contributed by atoms with E-state index in [9.17, 15) is 9.59 Å². The summed E-state index contributed by atoms with van der Waals surface area (Å²) in [5.41, 5.74) is 3.38. The van der Waals surface area contributed by atoms with E-state index in [1.807, 2.05) is 75.5 Å². The number of aromatic amines is 1. The average molecular weight is 561 g/mol.